The predicted molar refractivity (Wildman–Crippen MR) is 96.3 cm³/mol. The van der Waals surface area contributed by atoms with Crippen LogP contribution in [0, 0.1) is 0 Å². The Labute approximate surface area is 153 Å². The van der Waals surface area contributed by atoms with Crippen molar-refractivity contribution in [2.24, 2.45) is 0 Å². The Morgan fingerprint density at radius 2 is 1.92 bits per heavy atom. The van der Waals surface area contributed by atoms with Crippen molar-refractivity contribution in [3.63, 3.8) is 0 Å². The number of rotatable bonds is 7. The summed E-state index contributed by atoms with van der Waals surface area (Å²) in [5.41, 5.74) is 1.81. The van der Waals surface area contributed by atoms with Crippen molar-refractivity contribution in [2.75, 3.05) is 0 Å². The summed E-state index contributed by atoms with van der Waals surface area (Å²) in [6.45, 7) is 0.178. The van der Waals surface area contributed by atoms with Crippen molar-refractivity contribution in [1.29, 1.82) is 0 Å². The Morgan fingerprint density at radius 1 is 1.12 bits per heavy atom. The van der Waals surface area contributed by atoms with Gasteiger partial charge in [0.25, 0.3) is 0 Å². The minimum atomic E-state index is -0.396. The number of halogens is 1. The average molecular weight is 375 g/mol. The van der Waals surface area contributed by atoms with Crippen LogP contribution in [0.3, 0.4) is 0 Å². The SMILES string of the molecule is O=C(CCC(=O)c1ccc(Cl)s1)OCc1ccc(-n2cccn2)cc1. The Hall–Kier alpha value is -2.44. The number of aromatic nitrogens is 2. The minimum absolute atomic E-state index is 0.0553. The topological polar surface area (TPSA) is 61.2 Å². The van der Waals surface area contributed by atoms with Crippen LogP contribution in [-0.4, -0.2) is 21.5 Å². The van der Waals surface area contributed by atoms with Gasteiger partial charge in [0.1, 0.15) is 6.61 Å². The molecule has 0 aliphatic rings. The molecule has 0 spiro atoms. The van der Waals surface area contributed by atoms with Gasteiger partial charge in [-0.25, -0.2) is 4.68 Å². The first-order chi connectivity index (χ1) is 12.1. The maximum atomic E-state index is 11.9. The molecule has 0 bridgehead atoms. The molecule has 5 nitrogen and oxygen atoms in total. The Kier molecular flexibility index (Phi) is 5.63. The van der Waals surface area contributed by atoms with Gasteiger partial charge < -0.3 is 4.74 Å². The summed E-state index contributed by atoms with van der Waals surface area (Å²) in [5.74, 6) is -0.496. The summed E-state index contributed by atoms with van der Waals surface area (Å²) in [5, 5.41) is 4.15. The largest absolute Gasteiger partial charge is 0.461 e. The summed E-state index contributed by atoms with van der Waals surface area (Å²) in [6.07, 6.45) is 3.74. The molecule has 0 saturated heterocycles. The molecule has 0 radical (unpaired) electrons. The van der Waals surface area contributed by atoms with Crippen LogP contribution >= 0.6 is 22.9 Å². The lowest BCUT2D eigenvalue weighted by Gasteiger charge is -2.06. The number of esters is 1. The molecule has 2 aromatic heterocycles. The fraction of sp³-hybridized carbons (Fsp3) is 0.167. The lowest BCUT2D eigenvalue weighted by atomic mass is 10.2. The third-order valence-electron chi connectivity index (χ3n) is 3.51. The molecular weight excluding hydrogens is 360 g/mol. The fourth-order valence-corrected chi connectivity index (χ4v) is 3.22. The molecule has 0 aliphatic heterocycles. The highest BCUT2D eigenvalue weighted by atomic mass is 35.5. The third kappa shape index (κ3) is 4.78. The third-order valence-corrected chi connectivity index (χ3v) is 4.78. The Balaban J connectivity index is 1.45. The molecule has 0 aliphatic carbocycles. The maximum absolute atomic E-state index is 11.9. The van der Waals surface area contributed by atoms with Gasteiger partial charge in [-0.2, -0.15) is 5.10 Å². The van der Waals surface area contributed by atoms with E-state index in [1.165, 1.54) is 11.3 Å². The second-order valence-electron chi connectivity index (χ2n) is 5.30. The molecule has 0 N–H and O–H groups in total. The number of carbonyl (C=O) groups is 2. The van der Waals surface area contributed by atoms with E-state index < -0.39 is 5.97 Å². The first-order valence-electron chi connectivity index (χ1n) is 7.65. The summed E-state index contributed by atoms with van der Waals surface area (Å²) in [6, 6.07) is 12.8. The summed E-state index contributed by atoms with van der Waals surface area (Å²) >= 11 is 7.01. The van der Waals surface area contributed by atoms with E-state index in [-0.39, 0.29) is 25.2 Å². The van der Waals surface area contributed by atoms with E-state index in [1.54, 1.807) is 23.0 Å². The van der Waals surface area contributed by atoms with Crippen LogP contribution in [0.1, 0.15) is 28.1 Å². The normalized spacial score (nSPS) is 10.6. The fourth-order valence-electron chi connectivity index (χ4n) is 2.21. The highest BCUT2D eigenvalue weighted by Gasteiger charge is 2.12. The predicted octanol–water partition coefficient (Wildman–Crippen LogP) is 4.29. The average Bonchev–Trinajstić information content (AvgIpc) is 3.30. The quantitative estimate of drug-likeness (QED) is 0.457. The molecule has 0 amide bonds. The second kappa shape index (κ2) is 8.09. The van der Waals surface area contributed by atoms with Crippen molar-refractivity contribution >= 4 is 34.7 Å². The first kappa shape index (κ1) is 17.4. The summed E-state index contributed by atoms with van der Waals surface area (Å²) in [4.78, 5) is 24.3. The number of ketones is 1. The molecule has 1 aromatic carbocycles. The van der Waals surface area contributed by atoms with Gasteiger partial charge in [0.05, 0.1) is 21.3 Å². The van der Waals surface area contributed by atoms with Crippen LogP contribution in [0.25, 0.3) is 5.69 Å². The van der Waals surface area contributed by atoms with Gasteiger partial charge >= 0.3 is 5.97 Å². The lowest BCUT2D eigenvalue weighted by Crippen LogP contribution is -2.07. The van der Waals surface area contributed by atoms with E-state index in [9.17, 15) is 9.59 Å². The van der Waals surface area contributed by atoms with E-state index in [1.807, 2.05) is 36.5 Å². The molecule has 0 unspecified atom stereocenters. The summed E-state index contributed by atoms with van der Waals surface area (Å²) in [7, 11) is 0. The molecule has 128 valence electrons. The van der Waals surface area contributed by atoms with Gasteiger partial charge in [-0.1, -0.05) is 23.7 Å². The number of hydrogen-bond donors (Lipinski definition) is 0. The smallest absolute Gasteiger partial charge is 0.306 e. The maximum Gasteiger partial charge on any atom is 0.306 e. The van der Waals surface area contributed by atoms with E-state index in [4.69, 9.17) is 16.3 Å². The van der Waals surface area contributed by atoms with Gasteiger partial charge in [-0.05, 0) is 35.9 Å². The number of Topliss-reactive ketones (excluding diaryl/α,β-unsaturated/α-hetero) is 1. The molecule has 0 fully saturated rings. The highest BCUT2D eigenvalue weighted by Crippen LogP contribution is 2.23. The van der Waals surface area contributed by atoms with Crippen LogP contribution < -0.4 is 0 Å². The van der Waals surface area contributed by atoms with E-state index in [0.29, 0.717) is 9.21 Å². The number of nitrogens with zero attached hydrogens (tertiary/aromatic N) is 2. The van der Waals surface area contributed by atoms with Gasteiger partial charge in [0, 0.05) is 18.8 Å². The molecule has 7 heteroatoms. The Bertz CT molecular complexity index is 857. The minimum Gasteiger partial charge on any atom is -0.461 e. The van der Waals surface area contributed by atoms with Crippen molar-refractivity contribution in [3.8, 4) is 5.69 Å². The van der Waals surface area contributed by atoms with E-state index >= 15 is 0 Å². The second-order valence-corrected chi connectivity index (χ2v) is 7.02. The van der Waals surface area contributed by atoms with Gasteiger partial charge in [0.2, 0.25) is 0 Å². The Morgan fingerprint density at radius 3 is 2.56 bits per heavy atom. The molecule has 2 heterocycles. The van der Waals surface area contributed by atoms with Gasteiger partial charge in [-0.3, -0.25) is 9.59 Å². The molecule has 3 rings (SSSR count). The van der Waals surface area contributed by atoms with Crippen LogP contribution in [0.4, 0.5) is 0 Å². The molecule has 3 aromatic rings. The van der Waals surface area contributed by atoms with Crippen LogP contribution in [0.5, 0.6) is 0 Å². The highest BCUT2D eigenvalue weighted by molar-refractivity contribution is 7.18. The zero-order valence-corrected chi connectivity index (χ0v) is 14.8. The summed E-state index contributed by atoms with van der Waals surface area (Å²) < 4.78 is 7.52. The molecule has 0 saturated carbocycles. The number of benzene rings is 1. The van der Waals surface area contributed by atoms with Crippen molar-refractivity contribution < 1.29 is 14.3 Å². The molecular formula is C18H15ClN2O3S. The number of ether oxygens (including phenoxy) is 1. The van der Waals surface area contributed by atoms with Crippen LogP contribution in [0.2, 0.25) is 4.34 Å². The van der Waals surface area contributed by atoms with Gasteiger partial charge in [0.15, 0.2) is 5.78 Å². The molecule has 0 atom stereocenters. The number of thiophene rings is 1. The zero-order chi connectivity index (χ0) is 17.6. The monoisotopic (exact) mass is 374 g/mol. The van der Waals surface area contributed by atoms with E-state index in [2.05, 4.69) is 5.10 Å². The molecule has 25 heavy (non-hydrogen) atoms. The van der Waals surface area contributed by atoms with Crippen LogP contribution in [0.15, 0.2) is 54.9 Å². The van der Waals surface area contributed by atoms with E-state index in [0.717, 1.165) is 11.3 Å². The number of hydrogen-bond acceptors (Lipinski definition) is 5. The van der Waals surface area contributed by atoms with Gasteiger partial charge in [-0.15, -0.1) is 11.3 Å². The van der Waals surface area contributed by atoms with Crippen molar-refractivity contribution in [1.82, 2.24) is 9.78 Å². The standard InChI is InChI=1S/C18H15ClN2O3S/c19-17-8-7-16(25-17)15(22)6-9-18(23)24-12-13-2-4-14(5-3-13)21-11-1-10-20-21/h1-5,7-8,10-11H,6,9,12H2. The first-order valence-corrected chi connectivity index (χ1v) is 8.84. The zero-order valence-electron chi connectivity index (χ0n) is 13.2. The van der Waals surface area contributed by atoms with Crippen molar-refractivity contribution in [3.05, 3.63) is 69.6 Å². The number of carbonyl (C=O) groups excluding carboxylic acids is 2. The van der Waals surface area contributed by atoms with Crippen LogP contribution in [-0.2, 0) is 16.1 Å². The lowest BCUT2D eigenvalue weighted by molar-refractivity contribution is -0.144. The van der Waals surface area contributed by atoms with Crippen molar-refractivity contribution in [2.45, 2.75) is 19.4 Å².